The smallest absolute Gasteiger partial charge is 0.227 e. The van der Waals surface area contributed by atoms with Crippen LogP contribution in [-0.2, 0) is 11.2 Å². The lowest BCUT2D eigenvalue weighted by Crippen LogP contribution is -2.30. The van der Waals surface area contributed by atoms with E-state index < -0.39 is 0 Å². The Bertz CT molecular complexity index is 310. The summed E-state index contributed by atoms with van der Waals surface area (Å²) in [6, 6.07) is 3.92. The fourth-order valence-electron chi connectivity index (χ4n) is 1.64. The van der Waals surface area contributed by atoms with Crippen LogP contribution >= 0.6 is 11.3 Å². The van der Waals surface area contributed by atoms with Crippen LogP contribution in [0.2, 0.25) is 0 Å². The van der Waals surface area contributed by atoms with Crippen LogP contribution in [0, 0.1) is 0 Å². The van der Waals surface area contributed by atoms with Crippen LogP contribution in [0.25, 0.3) is 0 Å². The zero-order chi connectivity index (χ0) is 9.97. The number of aliphatic hydroxyl groups is 1. The molecule has 1 fully saturated rings. The highest BCUT2D eigenvalue weighted by Crippen LogP contribution is 2.14. The van der Waals surface area contributed by atoms with Crippen molar-refractivity contribution < 1.29 is 9.90 Å². The maximum Gasteiger partial charge on any atom is 0.227 e. The van der Waals surface area contributed by atoms with Gasteiger partial charge in [0.15, 0.2) is 0 Å². The monoisotopic (exact) mass is 211 g/mol. The van der Waals surface area contributed by atoms with Gasteiger partial charge in [-0.3, -0.25) is 4.79 Å². The number of rotatable bonds is 2. The summed E-state index contributed by atoms with van der Waals surface area (Å²) >= 11 is 1.60. The van der Waals surface area contributed by atoms with E-state index in [4.69, 9.17) is 0 Å². The first-order valence-electron chi connectivity index (χ1n) is 4.74. The Labute approximate surface area is 87.0 Å². The molecule has 14 heavy (non-hydrogen) atoms. The van der Waals surface area contributed by atoms with E-state index in [1.165, 1.54) is 0 Å². The van der Waals surface area contributed by atoms with Crippen LogP contribution in [0.4, 0.5) is 0 Å². The maximum absolute atomic E-state index is 11.7. The number of carbonyl (C=O) groups excluding carboxylic acids is 1. The maximum atomic E-state index is 11.7. The highest BCUT2D eigenvalue weighted by Gasteiger charge is 2.24. The van der Waals surface area contributed by atoms with Crippen molar-refractivity contribution in [2.75, 3.05) is 13.1 Å². The van der Waals surface area contributed by atoms with Crippen molar-refractivity contribution in [3.63, 3.8) is 0 Å². The van der Waals surface area contributed by atoms with E-state index in [9.17, 15) is 9.90 Å². The molecule has 1 N–H and O–H groups in total. The number of hydrogen-bond donors (Lipinski definition) is 1. The third-order valence-electron chi connectivity index (χ3n) is 2.42. The fourth-order valence-corrected chi connectivity index (χ4v) is 2.34. The highest BCUT2D eigenvalue weighted by molar-refractivity contribution is 7.10. The van der Waals surface area contributed by atoms with Crippen molar-refractivity contribution in [3.05, 3.63) is 22.4 Å². The molecular formula is C10H13NO2S. The summed E-state index contributed by atoms with van der Waals surface area (Å²) < 4.78 is 0. The van der Waals surface area contributed by atoms with Crippen molar-refractivity contribution in [2.24, 2.45) is 0 Å². The molecular weight excluding hydrogens is 198 g/mol. The summed E-state index contributed by atoms with van der Waals surface area (Å²) in [4.78, 5) is 14.5. The van der Waals surface area contributed by atoms with E-state index in [2.05, 4.69) is 0 Å². The number of likely N-dealkylation sites (tertiary alicyclic amines) is 1. The zero-order valence-corrected chi connectivity index (χ0v) is 8.67. The molecule has 1 atom stereocenters. The summed E-state index contributed by atoms with van der Waals surface area (Å²) in [6.07, 6.45) is 0.878. The highest BCUT2D eigenvalue weighted by atomic mass is 32.1. The number of hydrogen-bond acceptors (Lipinski definition) is 3. The second kappa shape index (κ2) is 4.11. The lowest BCUT2D eigenvalue weighted by molar-refractivity contribution is -0.129. The van der Waals surface area contributed by atoms with Gasteiger partial charge in [0, 0.05) is 18.0 Å². The van der Waals surface area contributed by atoms with Gasteiger partial charge < -0.3 is 10.0 Å². The normalized spacial score (nSPS) is 21.5. The standard InChI is InChI=1S/C10H13NO2S/c12-8-3-4-11(7-8)10(13)6-9-2-1-5-14-9/h1-2,5,8,12H,3-4,6-7H2/t8-/m1/s1. The van der Waals surface area contributed by atoms with Gasteiger partial charge >= 0.3 is 0 Å². The summed E-state index contributed by atoms with van der Waals surface area (Å²) in [5.41, 5.74) is 0. The van der Waals surface area contributed by atoms with Crippen molar-refractivity contribution in [3.8, 4) is 0 Å². The molecule has 0 unspecified atom stereocenters. The van der Waals surface area contributed by atoms with Gasteiger partial charge in [0.2, 0.25) is 5.91 Å². The minimum Gasteiger partial charge on any atom is -0.391 e. The first-order chi connectivity index (χ1) is 6.75. The van der Waals surface area contributed by atoms with Crippen LogP contribution in [0.1, 0.15) is 11.3 Å². The molecule has 0 aliphatic carbocycles. The van der Waals surface area contributed by atoms with E-state index in [0.29, 0.717) is 19.5 Å². The third kappa shape index (κ3) is 2.13. The van der Waals surface area contributed by atoms with Gasteiger partial charge in [-0.1, -0.05) is 6.07 Å². The first-order valence-corrected chi connectivity index (χ1v) is 5.62. The van der Waals surface area contributed by atoms with Crippen molar-refractivity contribution >= 4 is 17.2 Å². The Morgan fingerprint density at radius 1 is 1.71 bits per heavy atom. The summed E-state index contributed by atoms with van der Waals surface area (Å²) in [6.45, 7) is 1.20. The largest absolute Gasteiger partial charge is 0.391 e. The van der Waals surface area contributed by atoms with Crippen molar-refractivity contribution in [1.29, 1.82) is 0 Å². The van der Waals surface area contributed by atoms with Gasteiger partial charge in [0.05, 0.1) is 12.5 Å². The Balaban J connectivity index is 1.90. The van der Waals surface area contributed by atoms with E-state index >= 15 is 0 Å². The van der Waals surface area contributed by atoms with Crippen LogP contribution < -0.4 is 0 Å². The Morgan fingerprint density at radius 2 is 2.57 bits per heavy atom. The van der Waals surface area contributed by atoms with Crippen LogP contribution in [0.5, 0.6) is 0 Å². The number of nitrogens with zero attached hydrogens (tertiary/aromatic N) is 1. The van der Waals surface area contributed by atoms with E-state index in [1.54, 1.807) is 16.2 Å². The number of amides is 1. The summed E-state index contributed by atoms with van der Waals surface area (Å²) in [7, 11) is 0. The lowest BCUT2D eigenvalue weighted by atomic mass is 10.3. The number of aliphatic hydroxyl groups excluding tert-OH is 1. The molecule has 1 amide bonds. The van der Waals surface area contributed by atoms with Gasteiger partial charge in [-0.2, -0.15) is 0 Å². The van der Waals surface area contributed by atoms with Crippen molar-refractivity contribution in [2.45, 2.75) is 18.9 Å². The molecule has 1 aromatic rings. The van der Waals surface area contributed by atoms with E-state index in [-0.39, 0.29) is 12.0 Å². The molecule has 1 aliphatic heterocycles. The molecule has 3 nitrogen and oxygen atoms in total. The fraction of sp³-hybridized carbons (Fsp3) is 0.500. The Morgan fingerprint density at radius 3 is 3.14 bits per heavy atom. The minimum atomic E-state index is -0.317. The molecule has 2 rings (SSSR count). The molecule has 76 valence electrons. The predicted octanol–water partition coefficient (Wildman–Crippen LogP) is 0.884. The molecule has 1 saturated heterocycles. The Kier molecular flexibility index (Phi) is 2.84. The van der Waals surface area contributed by atoms with Crippen LogP contribution in [0.15, 0.2) is 17.5 Å². The lowest BCUT2D eigenvalue weighted by Gasteiger charge is -2.14. The molecule has 0 saturated carbocycles. The number of carbonyl (C=O) groups is 1. The quantitative estimate of drug-likeness (QED) is 0.789. The van der Waals surface area contributed by atoms with E-state index in [1.807, 2.05) is 17.5 Å². The SMILES string of the molecule is O=C(Cc1cccs1)N1CC[C@@H](O)C1. The second-order valence-electron chi connectivity index (χ2n) is 3.54. The average Bonchev–Trinajstić information content (AvgIpc) is 2.75. The van der Waals surface area contributed by atoms with Gasteiger partial charge in [0.1, 0.15) is 0 Å². The van der Waals surface area contributed by atoms with Gasteiger partial charge in [-0.05, 0) is 17.9 Å². The molecule has 0 aromatic carbocycles. The van der Waals surface area contributed by atoms with Gasteiger partial charge in [-0.25, -0.2) is 0 Å². The minimum absolute atomic E-state index is 0.129. The molecule has 4 heteroatoms. The molecule has 1 aliphatic rings. The number of β-amino-alcohol motifs (C(OH)–C–C–N with tert-alkyl or cyclic N) is 1. The van der Waals surface area contributed by atoms with Crippen molar-refractivity contribution in [1.82, 2.24) is 4.90 Å². The van der Waals surface area contributed by atoms with Gasteiger partial charge in [0.25, 0.3) is 0 Å². The summed E-state index contributed by atoms with van der Waals surface area (Å²) in [5.74, 6) is 0.129. The second-order valence-corrected chi connectivity index (χ2v) is 4.57. The predicted molar refractivity (Wildman–Crippen MR) is 55.2 cm³/mol. The first kappa shape index (κ1) is 9.68. The molecule has 2 heterocycles. The summed E-state index contributed by atoms with van der Waals surface area (Å²) in [5, 5.41) is 11.3. The molecule has 0 spiro atoms. The number of thiophene rings is 1. The van der Waals surface area contributed by atoms with Crippen LogP contribution in [0.3, 0.4) is 0 Å². The molecule has 1 aromatic heterocycles. The molecule has 0 bridgehead atoms. The zero-order valence-electron chi connectivity index (χ0n) is 7.85. The van der Waals surface area contributed by atoms with Gasteiger partial charge in [-0.15, -0.1) is 11.3 Å². The molecule has 0 radical (unpaired) electrons. The van der Waals surface area contributed by atoms with E-state index in [0.717, 1.165) is 11.3 Å². The third-order valence-corrected chi connectivity index (χ3v) is 3.30. The van der Waals surface area contributed by atoms with Crippen LogP contribution in [-0.4, -0.2) is 35.1 Å². The topological polar surface area (TPSA) is 40.5 Å². The average molecular weight is 211 g/mol. The Hall–Kier alpha value is -0.870.